The number of nitrogens with zero attached hydrogens (tertiary/aromatic N) is 7. The Morgan fingerprint density at radius 3 is 2.60 bits per heavy atom. The number of halogens is 4. The first kappa shape index (κ1) is 22.3. The molecule has 0 bridgehead atoms. The van der Waals surface area contributed by atoms with Gasteiger partial charge in [0.25, 0.3) is 5.91 Å². The molecule has 0 aliphatic carbocycles. The third-order valence-corrected chi connectivity index (χ3v) is 5.52. The summed E-state index contributed by atoms with van der Waals surface area (Å²) in [5.41, 5.74) is 2.44. The first-order valence-corrected chi connectivity index (χ1v) is 10.2. The molecule has 35 heavy (non-hydrogen) atoms. The smallest absolute Gasteiger partial charge is 0.276 e. The minimum absolute atomic E-state index is 0.0666. The highest BCUT2D eigenvalue weighted by atomic mass is 19.2. The van der Waals surface area contributed by atoms with E-state index >= 15 is 0 Å². The first-order valence-electron chi connectivity index (χ1n) is 10.2. The van der Waals surface area contributed by atoms with E-state index in [2.05, 4.69) is 25.6 Å². The Morgan fingerprint density at radius 2 is 1.86 bits per heavy atom. The lowest BCUT2D eigenvalue weighted by Crippen LogP contribution is -2.12. The van der Waals surface area contributed by atoms with Crippen LogP contribution in [0.3, 0.4) is 0 Å². The number of rotatable bonds is 5. The van der Waals surface area contributed by atoms with Crippen LogP contribution < -0.4 is 5.32 Å². The first-order chi connectivity index (χ1) is 16.7. The van der Waals surface area contributed by atoms with Gasteiger partial charge in [0.05, 0.1) is 30.3 Å². The standard InChI is InChI=1S/C22H16F4N8O/c1-11-13(8-28-32(11)2)18-3-4-27-19-6-17(31-34(18)19)22(35)30-12-7-29-33(9-12)10-14-15(23)5-16(24)21(26)20(14)25/h3-9H,10H2,1-2H3,(H,30,35). The van der Waals surface area contributed by atoms with Crippen molar-refractivity contribution in [2.45, 2.75) is 13.5 Å². The van der Waals surface area contributed by atoms with Gasteiger partial charge >= 0.3 is 0 Å². The van der Waals surface area contributed by atoms with E-state index in [4.69, 9.17) is 0 Å². The van der Waals surface area contributed by atoms with Crippen molar-refractivity contribution in [3.63, 3.8) is 0 Å². The minimum Gasteiger partial charge on any atom is -0.318 e. The molecule has 0 saturated carbocycles. The average Bonchev–Trinajstić information content (AvgIpc) is 3.54. The number of anilines is 1. The van der Waals surface area contributed by atoms with Gasteiger partial charge in [-0.3, -0.25) is 14.2 Å². The molecule has 0 unspecified atom stereocenters. The van der Waals surface area contributed by atoms with Crippen molar-refractivity contribution in [3.05, 3.63) is 83.2 Å². The predicted molar refractivity (Wildman–Crippen MR) is 115 cm³/mol. The molecule has 0 radical (unpaired) electrons. The van der Waals surface area contributed by atoms with Crippen molar-refractivity contribution in [2.24, 2.45) is 7.05 Å². The summed E-state index contributed by atoms with van der Waals surface area (Å²) in [6.07, 6.45) is 5.82. The van der Waals surface area contributed by atoms with Gasteiger partial charge in [-0.05, 0) is 13.0 Å². The lowest BCUT2D eigenvalue weighted by Gasteiger charge is -2.06. The molecule has 0 fully saturated rings. The van der Waals surface area contributed by atoms with Gasteiger partial charge in [-0.2, -0.15) is 15.3 Å². The average molecular weight is 484 g/mol. The number of hydrogen-bond acceptors (Lipinski definition) is 5. The molecule has 1 amide bonds. The third-order valence-electron chi connectivity index (χ3n) is 5.52. The maximum Gasteiger partial charge on any atom is 0.276 e. The Morgan fingerprint density at radius 1 is 1.06 bits per heavy atom. The highest BCUT2D eigenvalue weighted by Crippen LogP contribution is 2.24. The van der Waals surface area contributed by atoms with Gasteiger partial charge in [0.1, 0.15) is 5.82 Å². The number of benzene rings is 1. The van der Waals surface area contributed by atoms with E-state index in [0.717, 1.165) is 15.9 Å². The normalized spacial score (nSPS) is 11.4. The van der Waals surface area contributed by atoms with Gasteiger partial charge < -0.3 is 5.32 Å². The minimum atomic E-state index is -1.77. The Bertz CT molecular complexity index is 1600. The molecule has 5 aromatic rings. The molecule has 0 aliphatic heterocycles. The fourth-order valence-corrected chi connectivity index (χ4v) is 3.58. The highest BCUT2D eigenvalue weighted by molar-refractivity contribution is 6.03. The summed E-state index contributed by atoms with van der Waals surface area (Å²) in [6.45, 7) is 1.39. The van der Waals surface area contributed by atoms with Crippen LogP contribution in [0.2, 0.25) is 0 Å². The zero-order valence-corrected chi connectivity index (χ0v) is 18.3. The van der Waals surface area contributed by atoms with Gasteiger partial charge in [-0.1, -0.05) is 0 Å². The van der Waals surface area contributed by atoms with Crippen LogP contribution in [0.15, 0.2) is 43.0 Å². The van der Waals surface area contributed by atoms with E-state index in [9.17, 15) is 22.4 Å². The lowest BCUT2D eigenvalue weighted by molar-refractivity contribution is 0.102. The van der Waals surface area contributed by atoms with E-state index in [-0.39, 0.29) is 17.4 Å². The van der Waals surface area contributed by atoms with Crippen molar-refractivity contribution in [3.8, 4) is 11.3 Å². The zero-order chi connectivity index (χ0) is 24.9. The SMILES string of the molecule is Cc1c(-c2ccnc3cc(C(=O)Nc4cnn(Cc5c(F)cc(F)c(F)c5F)c4)nn23)cnn1C. The van der Waals surface area contributed by atoms with Gasteiger partial charge in [0.15, 0.2) is 28.8 Å². The van der Waals surface area contributed by atoms with Gasteiger partial charge in [-0.25, -0.2) is 27.1 Å². The summed E-state index contributed by atoms with van der Waals surface area (Å²) in [7, 11) is 1.81. The van der Waals surface area contributed by atoms with Crippen LogP contribution in [0.5, 0.6) is 0 Å². The fourth-order valence-electron chi connectivity index (χ4n) is 3.58. The number of aromatic nitrogens is 7. The van der Waals surface area contributed by atoms with Crippen molar-refractivity contribution >= 4 is 17.2 Å². The van der Waals surface area contributed by atoms with Crippen molar-refractivity contribution < 1.29 is 22.4 Å². The number of hydrogen-bond donors (Lipinski definition) is 1. The largest absolute Gasteiger partial charge is 0.318 e. The molecule has 0 aliphatic rings. The molecule has 4 heterocycles. The number of carbonyl (C=O) groups excluding carboxylic acids is 1. The number of nitrogens with one attached hydrogen (secondary N) is 1. The molecule has 5 rings (SSSR count). The Hall–Kier alpha value is -4.55. The van der Waals surface area contributed by atoms with Crippen LogP contribution >= 0.6 is 0 Å². The number of fused-ring (bicyclic) bond motifs is 1. The molecule has 178 valence electrons. The summed E-state index contributed by atoms with van der Waals surface area (Å²) < 4.78 is 58.8. The Labute approximate surface area is 194 Å². The van der Waals surface area contributed by atoms with E-state index < -0.39 is 41.3 Å². The van der Waals surface area contributed by atoms with Crippen LogP contribution in [0.4, 0.5) is 23.2 Å². The molecule has 9 nitrogen and oxygen atoms in total. The predicted octanol–water partition coefficient (Wildman–Crippen LogP) is 3.49. The van der Waals surface area contributed by atoms with Crippen LogP contribution in [0.25, 0.3) is 16.9 Å². The van der Waals surface area contributed by atoms with Crippen LogP contribution in [-0.2, 0) is 13.6 Å². The van der Waals surface area contributed by atoms with Gasteiger partial charge in [0.2, 0.25) is 0 Å². The molecule has 0 atom stereocenters. The quantitative estimate of drug-likeness (QED) is 0.234. The van der Waals surface area contributed by atoms with Crippen molar-refractivity contribution in [1.29, 1.82) is 0 Å². The van der Waals surface area contributed by atoms with Crippen LogP contribution in [0.1, 0.15) is 21.7 Å². The summed E-state index contributed by atoms with van der Waals surface area (Å²) in [4.78, 5) is 17.0. The van der Waals surface area contributed by atoms with Crippen LogP contribution in [0, 0.1) is 30.2 Å². The molecule has 1 aromatic carbocycles. The third kappa shape index (κ3) is 3.90. The summed E-state index contributed by atoms with van der Waals surface area (Å²) in [5.74, 6) is -6.86. The second kappa shape index (κ2) is 8.34. The molecule has 4 aromatic heterocycles. The molecule has 13 heteroatoms. The van der Waals surface area contributed by atoms with Gasteiger partial charge in [0, 0.05) is 48.4 Å². The van der Waals surface area contributed by atoms with E-state index in [1.54, 1.807) is 23.1 Å². The van der Waals surface area contributed by atoms with Crippen LogP contribution in [-0.4, -0.2) is 40.1 Å². The molecule has 1 N–H and O–H groups in total. The fraction of sp³-hybridized carbons (Fsp3) is 0.136. The number of aryl methyl sites for hydroxylation is 1. The molecular formula is C22H16F4N8O. The second-order valence-corrected chi connectivity index (χ2v) is 7.72. The molecular weight excluding hydrogens is 468 g/mol. The number of carbonyl (C=O) groups is 1. The number of amides is 1. The summed E-state index contributed by atoms with van der Waals surface area (Å²) >= 11 is 0. The lowest BCUT2D eigenvalue weighted by atomic mass is 10.2. The van der Waals surface area contributed by atoms with E-state index in [1.165, 1.54) is 23.0 Å². The molecule has 0 saturated heterocycles. The zero-order valence-electron chi connectivity index (χ0n) is 18.3. The maximum atomic E-state index is 13.9. The Balaban J connectivity index is 1.38. The van der Waals surface area contributed by atoms with E-state index in [0.29, 0.717) is 11.3 Å². The molecule has 0 spiro atoms. The monoisotopic (exact) mass is 484 g/mol. The highest BCUT2D eigenvalue weighted by Gasteiger charge is 2.20. The van der Waals surface area contributed by atoms with Gasteiger partial charge in [-0.15, -0.1) is 0 Å². The Kier molecular flexibility index (Phi) is 5.30. The summed E-state index contributed by atoms with van der Waals surface area (Å²) in [5, 5.41) is 15.1. The van der Waals surface area contributed by atoms with E-state index in [1.807, 2.05) is 14.0 Å². The van der Waals surface area contributed by atoms with Crippen molar-refractivity contribution in [2.75, 3.05) is 5.32 Å². The summed E-state index contributed by atoms with van der Waals surface area (Å²) in [6, 6.07) is 3.52. The maximum absolute atomic E-state index is 13.9. The topological polar surface area (TPSA) is 94.9 Å². The van der Waals surface area contributed by atoms with Crippen molar-refractivity contribution in [1.82, 2.24) is 34.2 Å². The second-order valence-electron chi connectivity index (χ2n) is 7.72.